The van der Waals surface area contributed by atoms with Gasteiger partial charge in [-0.25, -0.2) is 4.39 Å². The normalized spacial score (nSPS) is 10.6. The van der Waals surface area contributed by atoms with Crippen LogP contribution in [0.4, 0.5) is 4.39 Å². The molecular weight excluding hydrogens is 331 g/mol. The summed E-state index contributed by atoms with van der Waals surface area (Å²) in [6.07, 6.45) is 0. The molecule has 0 fully saturated rings. The van der Waals surface area contributed by atoms with Crippen LogP contribution >= 0.6 is 11.6 Å². The lowest BCUT2D eigenvalue weighted by molar-refractivity contribution is 0.0945. The molecular formula is C17H14ClFN4O. The van der Waals surface area contributed by atoms with Crippen LogP contribution in [-0.4, -0.2) is 20.9 Å². The van der Waals surface area contributed by atoms with E-state index in [0.29, 0.717) is 22.0 Å². The molecule has 0 aliphatic heterocycles. The number of amides is 1. The highest BCUT2D eigenvalue weighted by Gasteiger charge is 2.16. The van der Waals surface area contributed by atoms with Crippen molar-refractivity contribution >= 4 is 17.5 Å². The van der Waals surface area contributed by atoms with Gasteiger partial charge in [0.25, 0.3) is 5.91 Å². The number of hydrogen-bond acceptors (Lipinski definition) is 3. The van der Waals surface area contributed by atoms with Crippen molar-refractivity contribution < 1.29 is 9.18 Å². The standard InChI is InChI=1S/C17H14ClFN4O/c1-11-16(17(24)20-10-12-4-2-6-14(19)8-12)22-23(21-11)15-7-3-5-13(18)9-15/h2-9H,10H2,1H3,(H,20,24). The molecule has 0 aliphatic carbocycles. The molecule has 0 aliphatic rings. The number of hydrogen-bond donors (Lipinski definition) is 1. The number of halogens is 2. The van der Waals surface area contributed by atoms with Crippen molar-refractivity contribution in [1.82, 2.24) is 20.3 Å². The lowest BCUT2D eigenvalue weighted by Crippen LogP contribution is -2.24. The summed E-state index contributed by atoms with van der Waals surface area (Å²) in [4.78, 5) is 13.6. The molecule has 5 nitrogen and oxygen atoms in total. The van der Waals surface area contributed by atoms with Gasteiger partial charge in [-0.1, -0.05) is 29.8 Å². The Hall–Kier alpha value is -2.73. The first-order valence-electron chi connectivity index (χ1n) is 7.25. The van der Waals surface area contributed by atoms with E-state index in [1.54, 1.807) is 43.3 Å². The maximum Gasteiger partial charge on any atom is 0.274 e. The highest BCUT2D eigenvalue weighted by molar-refractivity contribution is 6.30. The number of aromatic nitrogens is 3. The maximum absolute atomic E-state index is 13.2. The average molecular weight is 345 g/mol. The molecule has 0 unspecified atom stereocenters. The topological polar surface area (TPSA) is 59.8 Å². The summed E-state index contributed by atoms with van der Waals surface area (Å²) < 4.78 is 13.2. The van der Waals surface area contributed by atoms with Crippen LogP contribution in [0.5, 0.6) is 0 Å². The molecule has 3 rings (SSSR count). The Bertz CT molecular complexity index is 894. The highest BCUT2D eigenvalue weighted by Crippen LogP contribution is 2.14. The van der Waals surface area contributed by atoms with Crippen LogP contribution in [0.25, 0.3) is 5.69 Å². The molecule has 0 saturated carbocycles. The van der Waals surface area contributed by atoms with E-state index in [2.05, 4.69) is 15.5 Å². The number of nitrogens with zero attached hydrogens (tertiary/aromatic N) is 3. The first-order chi connectivity index (χ1) is 11.5. The largest absolute Gasteiger partial charge is 0.347 e. The Morgan fingerprint density at radius 2 is 2.00 bits per heavy atom. The summed E-state index contributed by atoms with van der Waals surface area (Å²) in [6, 6.07) is 13.1. The Labute approximate surface area is 143 Å². The van der Waals surface area contributed by atoms with Crippen LogP contribution in [0.15, 0.2) is 48.5 Å². The fourth-order valence-electron chi connectivity index (χ4n) is 2.22. The van der Waals surface area contributed by atoms with E-state index in [1.165, 1.54) is 16.9 Å². The number of nitrogens with one attached hydrogen (secondary N) is 1. The molecule has 0 saturated heterocycles. The summed E-state index contributed by atoms with van der Waals surface area (Å²) in [6.45, 7) is 1.91. The molecule has 7 heteroatoms. The molecule has 0 radical (unpaired) electrons. The highest BCUT2D eigenvalue weighted by atomic mass is 35.5. The summed E-state index contributed by atoms with van der Waals surface area (Å²) >= 11 is 5.96. The minimum Gasteiger partial charge on any atom is -0.347 e. The lowest BCUT2D eigenvalue weighted by atomic mass is 10.2. The van der Waals surface area contributed by atoms with Crippen molar-refractivity contribution in [2.24, 2.45) is 0 Å². The number of carbonyl (C=O) groups excluding carboxylic acids is 1. The zero-order chi connectivity index (χ0) is 17.1. The minimum absolute atomic E-state index is 0.208. The van der Waals surface area contributed by atoms with Crippen molar-refractivity contribution in [3.05, 3.63) is 76.3 Å². The van der Waals surface area contributed by atoms with Gasteiger partial charge in [0.2, 0.25) is 0 Å². The lowest BCUT2D eigenvalue weighted by Gasteiger charge is -2.04. The maximum atomic E-state index is 13.2. The van der Waals surface area contributed by atoms with E-state index in [9.17, 15) is 9.18 Å². The van der Waals surface area contributed by atoms with Gasteiger partial charge in [-0.15, -0.1) is 5.10 Å². The predicted octanol–water partition coefficient (Wildman–Crippen LogP) is 3.30. The SMILES string of the molecule is Cc1nn(-c2cccc(Cl)c2)nc1C(=O)NCc1cccc(F)c1. The number of carbonyl (C=O) groups is 1. The Morgan fingerprint density at radius 1 is 1.21 bits per heavy atom. The molecule has 1 heterocycles. The number of rotatable bonds is 4. The third-order valence-corrected chi connectivity index (χ3v) is 3.61. The third-order valence-electron chi connectivity index (χ3n) is 3.38. The number of aryl methyl sites for hydroxylation is 1. The Kier molecular flexibility index (Phi) is 4.57. The van der Waals surface area contributed by atoms with E-state index in [1.807, 2.05) is 0 Å². The van der Waals surface area contributed by atoms with Crippen LogP contribution < -0.4 is 5.32 Å². The summed E-state index contributed by atoms with van der Waals surface area (Å²) in [5, 5.41) is 11.7. The van der Waals surface area contributed by atoms with Crippen LogP contribution in [0.1, 0.15) is 21.7 Å². The zero-order valence-electron chi connectivity index (χ0n) is 12.8. The van der Waals surface area contributed by atoms with Crippen molar-refractivity contribution in [1.29, 1.82) is 0 Å². The van der Waals surface area contributed by atoms with Crippen molar-refractivity contribution in [3.8, 4) is 5.69 Å². The molecule has 1 aromatic heterocycles. The predicted molar refractivity (Wildman–Crippen MR) is 88.7 cm³/mol. The minimum atomic E-state index is -0.370. The second kappa shape index (κ2) is 6.80. The van der Waals surface area contributed by atoms with Crippen LogP contribution in [0.2, 0.25) is 5.02 Å². The third kappa shape index (κ3) is 3.60. The first kappa shape index (κ1) is 16.1. The summed E-state index contributed by atoms with van der Waals surface area (Å²) in [5.41, 5.74) is 2.04. The van der Waals surface area contributed by atoms with Gasteiger partial charge in [-0.2, -0.15) is 9.90 Å². The first-order valence-corrected chi connectivity index (χ1v) is 7.63. The second-order valence-electron chi connectivity index (χ2n) is 5.22. The molecule has 122 valence electrons. The van der Waals surface area contributed by atoms with Gasteiger partial charge in [0.15, 0.2) is 5.69 Å². The monoisotopic (exact) mass is 344 g/mol. The van der Waals surface area contributed by atoms with Crippen molar-refractivity contribution in [2.45, 2.75) is 13.5 Å². The fraction of sp³-hybridized carbons (Fsp3) is 0.118. The van der Waals surface area contributed by atoms with Gasteiger partial charge >= 0.3 is 0 Å². The zero-order valence-corrected chi connectivity index (χ0v) is 13.6. The van der Waals surface area contributed by atoms with Crippen LogP contribution in [-0.2, 0) is 6.54 Å². The Morgan fingerprint density at radius 3 is 2.75 bits per heavy atom. The molecule has 0 atom stereocenters. The molecule has 0 bridgehead atoms. The van der Waals surface area contributed by atoms with E-state index in [0.717, 1.165) is 0 Å². The average Bonchev–Trinajstić information content (AvgIpc) is 2.95. The van der Waals surface area contributed by atoms with E-state index < -0.39 is 0 Å². The number of benzene rings is 2. The molecule has 1 N–H and O–H groups in total. The van der Waals surface area contributed by atoms with E-state index >= 15 is 0 Å². The van der Waals surface area contributed by atoms with Gasteiger partial charge in [0.1, 0.15) is 5.82 Å². The molecule has 3 aromatic rings. The van der Waals surface area contributed by atoms with Gasteiger partial charge in [0, 0.05) is 11.6 Å². The second-order valence-corrected chi connectivity index (χ2v) is 5.65. The van der Waals surface area contributed by atoms with Crippen LogP contribution in [0, 0.1) is 12.7 Å². The van der Waals surface area contributed by atoms with Gasteiger partial charge in [-0.3, -0.25) is 4.79 Å². The smallest absolute Gasteiger partial charge is 0.274 e. The Balaban J connectivity index is 1.76. The van der Waals surface area contributed by atoms with Gasteiger partial charge < -0.3 is 5.32 Å². The molecule has 0 spiro atoms. The van der Waals surface area contributed by atoms with E-state index in [4.69, 9.17) is 11.6 Å². The molecule has 2 aromatic carbocycles. The quantitative estimate of drug-likeness (QED) is 0.790. The van der Waals surface area contributed by atoms with Crippen molar-refractivity contribution in [3.63, 3.8) is 0 Å². The van der Waals surface area contributed by atoms with E-state index in [-0.39, 0.29) is 24.0 Å². The summed E-state index contributed by atoms with van der Waals surface area (Å²) in [5.74, 6) is -0.713. The summed E-state index contributed by atoms with van der Waals surface area (Å²) in [7, 11) is 0. The van der Waals surface area contributed by atoms with Crippen molar-refractivity contribution in [2.75, 3.05) is 0 Å². The molecule has 1 amide bonds. The van der Waals surface area contributed by atoms with Gasteiger partial charge in [0.05, 0.1) is 11.4 Å². The van der Waals surface area contributed by atoms with Crippen LogP contribution in [0.3, 0.4) is 0 Å². The molecule has 24 heavy (non-hydrogen) atoms. The fourth-order valence-corrected chi connectivity index (χ4v) is 2.40. The van der Waals surface area contributed by atoms with Gasteiger partial charge in [-0.05, 0) is 42.8 Å².